The number of hydrogen-bond donors (Lipinski definition) is 7. The molecular formula is C17H32FN6O13P3. The molecular weight excluding hydrogens is 608 g/mol. The standard InChI is InChI=1S/C11H17FN5O13P3.C6H15N/c1-11(12)6(18)4(2-27-32(23,24)30-33(25,26)29-31(20,21)22)28-9(11)17-3-14-5-7(17)15-10(13)16-8(5)19;1-4-7(5-2)6-3/h3-4,6,9,18H,2H2,1H3,(H,23,24)(H,25,26)(H2,20,21,22)(H3,13,15,16,19);4-6H2,1-3H3/t4-,6-,9-,11-;/m1./s1. The molecule has 3 heterocycles. The van der Waals surface area contributed by atoms with Crippen molar-refractivity contribution < 1.29 is 60.6 Å². The number of halogens is 1. The smallest absolute Gasteiger partial charge is 0.387 e. The van der Waals surface area contributed by atoms with Gasteiger partial charge in [-0.1, -0.05) is 20.8 Å². The molecule has 19 nitrogen and oxygen atoms in total. The molecule has 8 N–H and O–H groups in total. The lowest BCUT2D eigenvalue weighted by molar-refractivity contribution is -0.0560. The molecule has 0 bridgehead atoms. The first kappa shape index (κ1) is 34.6. The third-order valence-electron chi connectivity index (χ3n) is 5.58. The summed E-state index contributed by atoms with van der Waals surface area (Å²) < 4.78 is 66.9. The number of fused-ring (bicyclic) bond motifs is 1. The lowest BCUT2D eigenvalue weighted by Gasteiger charge is -2.24. The first-order chi connectivity index (χ1) is 18.3. The molecule has 6 atom stereocenters. The minimum Gasteiger partial charge on any atom is -0.387 e. The number of ether oxygens (including phenoxy) is 1. The largest absolute Gasteiger partial charge is 0.490 e. The van der Waals surface area contributed by atoms with Crippen LogP contribution in [0.25, 0.3) is 11.2 Å². The molecule has 1 fully saturated rings. The summed E-state index contributed by atoms with van der Waals surface area (Å²) in [6.45, 7) is 9.92. The third kappa shape index (κ3) is 8.93. The number of nitrogens with one attached hydrogen (secondary N) is 1. The second-order valence-electron chi connectivity index (χ2n) is 8.40. The zero-order chi connectivity index (χ0) is 30.7. The number of phosphoric ester groups is 1. The van der Waals surface area contributed by atoms with Crippen LogP contribution in [-0.4, -0.2) is 93.2 Å². The summed E-state index contributed by atoms with van der Waals surface area (Å²) in [6.07, 6.45) is -4.43. The molecule has 40 heavy (non-hydrogen) atoms. The number of aromatic nitrogens is 4. The number of aliphatic hydroxyl groups excluding tert-OH is 1. The highest BCUT2D eigenvalue weighted by Crippen LogP contribution is 2.66. The highest BCUT2D eigenvalue weighted by Gasteiger charge is 2.56. The van der Waals surface area contributed by atoms with Crippen LogP contribution in [0.5, 0.6) is 0 Å². The number of H-pyrrole nitrogens is 1. The SMILES string of the molecule is CCN(CC)CC.C[C@@]1(F)[C@H](O)[C@@H](COP(=O)(O)OP(=O)(O)OP(=O)(O)O)O[C@H]1n1cnc2c(=O)[nH]c(N)nc21. The van der Waals surface area contributed by atoms with E-state index in [1.165, 1.54) is 19.6 Å². The molecule has 1 aliphatic rings. The van der Waals surface area contributed by atoms with Crippen LogP contribution in [0, 0.1) is 0 Å². The summed E-state index contributed by atoms with van der Waals surface area (Å²) in [5.41, 5.74) is 1.69. The Morgan fingerprint density at radius 1 is 1.15 bits per heavy atom. The van der Waals surface area contributed by atoms with Crippen molar-refractivity contribution in [2.24, 2.45) is 0 Å². The van der Waals surface area contributed by atoms with E-state index in [1.807, 2.05) is 0 Å². The van der Waals surface area contributed by atoms with E-state index in [-0.39, 0.29) is 17.1 Å². The number of aliphatic hydroxyl groups is 1. The van der Waals surface area contributed by atoms with Crippen LogP contribution in [0.3, 0.4) is 0 Å². The van der Waals surface area contributed by atoms with Gasteiger partial charge in [0.15, 0.2) is 23.1 Å². The van der Waals surface area contributed by atoms with Crippen molar-refractivity contribution in [3.8, 4) is 0 Å². The van der Waals surface area contributed by atoms with Crippen LogP contribution in [0.2, 0.25) is 0 Å². The van der Waals surface area contributed by atoms with Crippen LogP contribution >= 0.6 is 23.5 Å². The van der Waals surface area contributed by atoms with Crippen molar-refractivity contribution in [2.75, 3.05) is 32.0 Å². The van der Waals surface area contributed by atoms with Crippen molar-refractivity contribution in [2.45, 2.75) is 51.8 Å². The molecule has 0 spiro atoms. The number of nitrogens with two attached hydrogens (primary N) is 1. The number of anilines is 1. The van der Waals surface area contributed by atoms with Gasteiger partial charge in [0.1, 0.15) is 12.2 Å². The summed E-state index contributed by atoms with van der Waals surface area (Å²) >= 11 is 0. The molecule has 0 radical (unpaired) electrons. The second kappa shape index (κ2) is 13.1. The predicted octanol–water partition coefficient (Wildman–Crippen LogP) is 0.380. The van der Waals surface area contributed by atoms with Crippen molar-refractivity contribution in [3.63, 3.8) is 0 Å². The van der Waals surface area contributed by atoms with Crippen LogP contribution < -0.4 is 11.3 Å². The van der Waals surface area contributed by atoms with Gasteiger partial charge in [0.05, 0.1) is 12.9 Å². The van der Waals surface area contributed by atoms with E-state index >= 15 is 4.39 Å². The van der Waals surface area contributed by atoms with Crippen molar-refractivity contribution in [1.82, 2.24) is 24.4 Å². The lowest BCUT2D eigenvalue weighted by Crippen LogP contribution is -2.40. The van der Waals surface area contributed by atoms with Gasteiger partial charge in [0.2, 0.25) is 5.95 Å². The topological polar surface area (TPSA) is 282 Å². The number of hydrogen-bond acceptors (Lipinski definition) is 13. The molecule has 0 amide bonds. The first-order valence-corrected chi connectivity index (χ1v) is 16.0. The normalized spacial score (nSPS) is 26.3. The minimum absolute atomic E-state index is 0.203. The molecule has 0 saturated carbocycles. The Labute approximate surface area is 226 Å². The second-order valence-corrected chi connectivity index (χ2v) is 12.8. The van der Waals surface area contributed by atoms with Gasteiger partial charge in [0, 0.05) is 0 Å². The summed E-state index contributed by atoms with van der Waals surface area (Å²) in [6, 6.07) is 0. The van der Waals surface area contributed by atoms with Crippen molar-refractivity contribution in [1.29, 1.82) is 0 Å². The molecule has 1 saturated heterocycles. The Bertz CT molecular complexity index is 1360. The van der Waals surface area contributed by atoms with Gasteiger partial charge < -0.3 is 40.1 Å². The number of nitrogens with zero attached hydrogens (tertiary/aromatic N) is 4. The highest BCUT2D eigenvalue weighted by molar-refractivity contribution is 7.66. The average Bonchev–Trinajstić information content (AvgIpc) is 3.30. The molecule has 2 aromatic heterocycles. The van der Waals surface area contributed by atoms with Gasteiger partial charge in [-0.25, -0.2) is 23.1 Å². The predicted molar refractivity (Wildman–Crippen MR) is 135 cm³/mol. The van der Waals surface area contributed by atoms with E-state index in [2.05, 4.69) is 53.8 Å². The summed E-state index contributed by atoms with van der Waals surface area (Å²) in [5, 5.41) is 10.3. The Morgan fingerprint density at radius 2 is 1.73 bits per heavy atom. The van der Waals surface area contributed by atoms with Gasteiger partial charge in [-0.3, -0.25) is 18.9 Å². The zero-order valence-electron chi connectivity index (χ0n) is 21.7. The van der Waals surface area contributed by atoms with E-state index in [9.17, 15) is 28.5 Å². The Morgan fingerprint density at radius 3 is 2.23 bits per heavy atom. The van der Waals surface area contributed by atoms with E-state index in [1.54, 1.807) is 0 Å². The zero-order valence-corrected chi connectivity index (χ0v) is 24.4. The van der Waals surface area contributed by atoms with Crippen LogP contribution in [0.4, 0.5) is 10.3 Å². The van der Waals surface area contributed by atoms with Crippen LogP contribution in [-0.2, 0) is 31.6 Å². The summed E-state index contributed by atoms with van der Waals surface area (Å²) in [4.78, 5) is 59.7. The van der Waals surface area contributed by atoms with Gasteiger partial charge in [0.25, 0.3) is 5.56 Å². The molecule has 0 aliphatic carbocycles. The van der Waals surface area contributed by atoms with E-state index in [4.69, 9.17) is 25.2 Å². The number of nitrogen functional groups attached to an aromatic ring is 1. The maximum Gasteiger partial charge on any atom is 0.490 e. The maximum atomic E-state index is 15.3. The maximum absolute atomic E-state index is 15.3. The van der Waals surface area contributed by atoms with E-state index < -0.39 is 59.7 Å². The molecule has 1 aliphatic heterocycles. The first-order valence-electron chi connectivity index (χ1n) is 11.5. The Hall–Kier alpha value is -1.63. The molecule has 0 aromatic carbocycles. The van der Waals surface area contributed by atoms with E-state index in [0.29, 0.717) is 0 Å². The number of imidazole rings is 1. The molecule has 2 aromatic rings. The van der Waals surface area contributed by atoms with Crippen molar-refractivity contribution >= 4 is 40.6 Å². The van der Waals surface area contributed by atoms with Crippen LogP contribution in [0.15, 0.2) is 11.1 Å². The third-order valence-corrected chi connectivity index (χ3v) is 9.38. The van der Waals surface area contributed by atoms with Gasteiger partial charge in [-0.2, -0.15) is 13.6 Å². The molecule has 230 valence electrons. The lowest BCUT2D eigenvalue weighted by atomic mass is 9.98. The number of rotatable bonds is 11. The number of phosphoric acid groups is 3. The van der Waals surface area contributed by atoms with Gasteiger partial charge in [-0.05, 0) is 26.6 Å². The van der Waals surface area contributed by atoms with E-state index in [0.717, 1.165) is 17.8 Å². The van der Waals surface area contributed by atoms with Crippen molar-refractivity contribution in [3.05, 3.63) is 16.7 Å². The molecule has 2 unspecified atom stereocenters. The van der Waals surface area contributed by atoms with Gasteiger partial charge in [-0.15, -0.1) is 0 Å². The van der Waals surface area contributed by atoms with Crippen LogP contribution in [0.1, 0.15) is 33.9 Å². The molecule has 3 rings (SSSR count). The Kier molecular flexibility index (Phi) is 11.3. The Balaban J connectivity index is 0.000000708. The number of alkyl halides is 1. The monoisotopic (exact) mass is 640 g/mol. The minimum atomic E-state index is -5.77. The fourth-order valence-electron chi connectivity index (χ4n) is 3.61. The summed E-state index contributed by atoms with van der Waals surface area (Å²) in [7, 11) is -16.9. The highest BCUT2D eigenvalue weighted by atomic mass is 31.3. The van der Waals surface area contributed by atoms with Gasteiger partial charge >= 0.3 is 23.5 Å². The number of aromatic amines is 1. The fourth-order valence-corrected chi connectivity index (χ4v) is 6.64. The summed E-state index contributed by atoms with van der Waals surface area (Å²) in [5.74, 6) is -0.322. The average molecular weight is 640 g/mol. The fraction of sp³-hybridized carbons (Fsp3) is 0.706. The quantitative estimate of drug-likeness (QED) is 0.163. The molecule has 23 heteroatoms.